The van der Waals surface area contributed by atoms with Gasteiger partial charge in [-0.1, -0.05) is 18.2 Å². The average Bonchev–Trinajstić information content (AvgIpc) is 2.78. The van der Waals surface area contributed by atoms with Gasteiger partial charge in [-0.3, -0.25) is 4.99 Å². The number of benzene rings is 1. The summed E-state index contributed by atoms with van der Waals surface area (Å²) in [5.74, 6) is 0.467. The Labute approximate surface area is 168 Å². The van der Waals surface area contributed by atoms with E-state index in [0.29, 0.717) is 12.6 Å². The third kappa shape index (κ3) is 8.35. The van der Waals surface area contributed by atoms with Crippen molar-refractivity contribution >= 4 is 35.6 Å². The summed E-state index contributed by atoms with van der Waals surface area (Å²) in [5, 5.41) is 3.18. The van der Waals surface area contributed by atoms with Crippen molar-refractivity contribution in [1.82, 2.24) is 9.80 Å². The van der Waals surface area contributed by atoms with Crippen molar-refractivity contribution in [2.24, 2.45) is 10.7 Å². The minimum Gasteiger partial charge on any atom is -0.380 e. The maximum atomic E-state index is 6.01. The topological polar surface area (TPSA) is 66.1 Å². The van der Waals surface area contributed by atoms with Gasteiger partial charge in [-0.15, -0.1) is 24.0 Å². The van der Waals surface area contributed by atoms with Crippen LogP contribution in [0.4, 0.5) is 5.69 Å². The van der Waals surface area contributed by atoms with Crippen LogP contribution in [0.25, 0.3) is 0 Å². The summed E-state index contributed by atoms with van der Waals surface area (Å²) >= 11 is 0. The summed E-state index contributed by atoms with van der Waals surface area (Å²) in [6.07, 6.45) is 2.28. The van der Waals surface area contributed by atoms with Gasteiger partial charge in [0.25, 0.3) is 0 Å². The lowest BCUT2D eigenvalue weighted by molar-refractivity contribution is 0.185. The van der Waals surface area contributed by atoms with Crippen LogP contribution in [-0.2, 0) is 11.3 Å². The predicted octanol–water partition coefficient (Wildman–Crippen LogP) is 2.21. The summed E-state index contributed by atoms with van der Waals surface area (Å²) in [4.78, 5) is 9.37. The molecule has 0 bridgehead atoms. The lowest BCUT2D eigenvalue weighted by Crippen LogP contribution is -2.30. The molecule has 1 fully saturated rings. The van der Waals surface area contributed by atoms with Crippen molar-refractivity contribution in [2.75, 3.05) is 58.7 Å². The molecule has 0 spiro atoms. The molecule has 2 rings (SSSR count). The van der Waals surface area contributed by atoms with Gasteiger partial charge in [0.05, 0.1) is 6.61 Å². The Morgan fingerprint density at radius 1 is 1.24 bits per heavy atom. The number of hydrogen-bond acceptors (Lipinski definition) is 4. The molecule has 0 atom stereocenters. The summed E-state index contributed by atoms with van der Waals surface area (Å²) < 4.78 is 5.20. The zero-order valence-corrected chi connectivity index (χ0v) is 17.7. The van der Waals surface area contributed by atoms with Crippen LogP contribution < -0.4 is 11.1 Å². The number of nitrogens with zero attached hydrogens (tertiary/aromatic N) is 3. The number of rotatable bonds is 7. The number of ether oxygens (including phenoxy) is 1. The van der Waals surface area contributed by atoms with E-state index in [4.69, 9.17) is 10.5 Å². The second-order valence-corrected chi connectivity index (χ2v) is 6.33. The second-order valence-electron chi connectivity index (χ2n) is 6.33. The van der Waals surface area contributed by atoms with Gasteiger partial charge in [-0.25, -0.2) is 0 Å². The molecule has 25 heavy (non-hydrogen) atoms. The number of guanidine groups is 1. The number of nitrogens with one attached hydrogen (secondary N) is 1. The van der Waals surface area contributed by atoms with E-state index >= 15 is 0 Å². The van der Waals surface area contributed by atoms with Crippen molar-refractivity contribution in [3.05, 3.63) is 29.8 Å². The average molecular weight is 461 g/mol. The van der Waals surface area contributed by atoms with E-state index in [1.54, 1.807) is 7.11 Å². The number of anilines is 1. The highest BCUT2D eigenvalue weighted by Gasteiger charge is 2.11. The van der Waals surface area contributed by atoms with Gasteiger partial charge >= 0.3 is 0 Å². The first-order valence-corrected chi connectivity index (χ1v) is 8.73. The molecule has 7 heteroatoms. The number of halogens is 1. The van der Waals surface area contributed by atoms with Crippen molar-refractivity contribution in [3.8, 4) is 0 Å². The number of likely N-dealkylation sites (N-methyl/N-ethyl adjacent to an activating group) is 1. The van der Waals surface area contributed by atoms with Crippen molar-refractivity contribution in [2.45, 2.75) is 19.4 Å². The molecule has 1 aliphatic rings. The van der Waals surface area contributed by atoms with Gasteiger partial charge in [-0.05, 0) is 45.6 Å². The van der Waals surface area contributed by atoms with E-state index < -0.39 is 0 Å². The van der Waals surface area contributed by atoms with Crippen LogP contribution in [0.5, 0.6) is 0 Å². The molecule has 142 valence electrons. The fourth-order valence-electron chi connectivity index (χ4n) is 2.92. The van der Waals surface area contributed by atoms with E-state index in [9.17, 15) is 0 Å². The molecule has 6 nitrogen and oxygen atoms in total. The lowest BCUT2D eigenvalue weighted by atomic mass is 10.2. The second kappa shape index (κ2) is 12.5. The normalized spacial score (nSPS) is 17.0. The van der Waals surface area contributed by atoms with E-state index in [2.05, 4.69) is 27.2 Å². The molecule has 1 aliphatic heterocycles. The van der Waals surface area contributed by atoms with E-state index in [0.717, 1.165) is 43.9 Å². The molecular weight excluding hydrogens is 429 g/mol. The summed E-state index contributed by atoms with van der Waals surface area (Å²) in [6.45, 7) is 7.09. The number of para-hydroxylation sites is 1. The Hall–Kier alpha value is -0.900. The first-order chi connectivity index (χ1) is 11.7. The fourth-order valence-corrected chi connectivity index (χ4v) is 2.92. The fraction of sp³-hybridized carbons (Fsp3) is 0.611. The molecule has 3 N–H and O–H groups in total. The summed E-state index contributed by atoms with van der Waals surface area (Å²) in [7, 11) is 3.89. The number of nitrogens with two attached hydrogens (primary N) is 1. The van der Waals surface area contributed by atoms with Crippen LogP contribution in [0, 0.1) is 0 Å². The Morgan fingerprint density at radius 2 is 2.04 bits per heavy atom. The maximum absolute atomic E-state index is 6.01. The Kier molecular flexibility index (Phi) is 11.0. The van der Waals surface area contributed by atoms with Gasteiger partial charge in [0.2, 0.25) is 0 Å². The lowest BCUT2D eigenvalue weighted by Gasteiger charge is -2.19. The van der Waals surface area contributed by atoms with Gasteiger partial charge in [0.1, 0.15) is 0 Å². The highest BCUT2D eigenvalue weighted by molar-refractivity contribution is 14.0. The first kappa shape index (κ1) is 22.1. The molecule has 0 amide bonds. The van der Waals surface area contributed by atoms with Crippen LogP contribution in [-0.4, -0.2) is 69.2 Å². The maximum Gasteiger partial charge on any atom is 0.193 e. The van der Waals surface area contributed by atoms with Gasteiger partial charge in [-0.2, -0.15) is 0 Å². The van der Waals surface area contributed by atoms with E-state index in [1.165, 1.54) is 19.5 Å². The minimum absolute atomic E-state index is 0. The van der Waals surface area contributed by atoms with Crippen molar-refractivity contribution in [1.29, 1.82) is 0 Å². The minimum atomic E-state index is 0. The Morgan fingerprint density at radius 3 is 2.84 bits per heavy atom. The highest BCUT2D eigenvalue weighted by Crippen LogP contribution is 2.15. The molecule has 1 heterocycles. The Bertz CT molecular complexity index is 526. The zero-order valence-electron chi connectivity index (χ0n) is 15.4. The van der Waals surface area contributed by atoms with Crippen LogP contribution in [0.1, 0.15) is 18.4 Å². The van der Waals surface area contributed by atoms with Crippen LogP contribution in [0.15, 0.2) is 29.3 Å². The van der Waals surface area contributed by atoms with E-state index in [-0.39, 0.29) is 24.0 Å². The largest absolute Gasteiger partial charge is 0.380 e. The standard InChI is InChI=1S/C18H31N5O.HI/c1-22-10-6-12-23(14-13-22)11-5-9-20-18(19)21-17-8-4-3-7-16(17)15-24-2;/h3-4,7-8H,5-6,9-15H2,1-2H3,(H3,19,20,21);1H. The van der Waals surface area contributed by atoms with Crippen molar-refractivity contribution < 1.29 is 4.74 Å². The number of methoxy groups -OCH3 is 1. The zero-order chi connectivity index (χ0) is 17.2. The number of hydrogen-bond donors (Lipinski definition) is 2. The summed E-state index contributed by atoms with van der Waals surface area (Å²) in [6, 6.07) is 7.98. The van der Waals surface area contributed by atoms with Crippen LogP contribution >= 0.6 is 24.0 Å². The monoisotopic (exact) mass is 461 g/mol. The third-order valence-electron chi connectivity index (χ3n) is 4.31. The highest BCUT2D eigenvalue weighted by atomic mass is 127. The molecule has 0 aliphatic carbocycles. The molecule has 1 aromatic rings. The Balaban J connectivity index is 0.00000312. The molecule has 0 unspecified atom stereocenters. The van der Waals surface area contributed by atoms with Crippen LogP contribution in [0.3, 0.4) is 0 Å². The summed E-state index contributed by atoms with van der Waals surface area (Å²) in [5.41, 5.74) is 8.04. The molecule has 1 aromatic carbocycles. The molecule has 0 saturated carbocycles. The SMILES string of the molecule is COCc1ccccc1NC(N)=NCCCN1CCCN(C)CC1.I. The molecule has 1 saturated heterocycles. The number of aliphatic imine (C=N–C) groups is 1. The quantitative estimate of drug-likeness (QED) is 0.282. The predicted molar refractivity (Wildman–Crippen MR) is 116 cm³/mol. The van der Waals surface area contributed by atoms with Crippen molar-refractivity contribution in [3.63, 3.8) is 0 Å². The molecular formula is C18H32IN5O. The smallest absolute Gasteiger partial charge is 0.193 e. The van der Waals surface area contributed by atoms with Gasteiger partial charge < -0.3 is 25.6 Å². The van der Waals surface area contributed by atoms with Crippen LogP contribution in [0.2, 0.25) is 0 Å². The third-order valence-corrected chi connectivity index (χ3v) is 4.31. The van der Waals surface area contributed by atoms with Gasteiger partial charge in [0, 0.05) is 38.0 Å². The van der Waals surface area contributed by atoms with E-state index in [1.807, 2.05) is 24.3 Å². The molecule has 0 radical (unpaired) electrons. The van der Waals surface area contributed by atoms with Gasteiger partial charge in [0.15, 0.2) is 5.96 Å². The first-order valence-electron chi connectivity index (χ1n) is 8.73. The molecule has 0 aromatic heterocycles.